The predicted octanol–water partition coefficient (Wildman–Crippen LogP) is 1.92. The lowest BCUT2D eigenvalue weighted by atomic mass is 10.3. The van der Waals surface area contributed by atoms with Gasteiger partial charge < -0.3 is 14.5 Å². The van der Waals surface area contributed by atoms with Crippen molar-refractivity contribution >= 4 is 33.2 Å². The Morgan fingerprint density at radius 3 is 2.46 bits per heavy atom. The molecule has 0 spiro atoms. The minimum absolute atomic E-state index is 0.0254. The lowest BCUT2D eigenvalue weighted by Crippen LogP contribution is -2.45. The van der Waals surface area contributed by atoms with Crippen LogP contribution in [0.25, 0.3) is 0 Å². The van der Waals surface area contributed by atoms with Gasteiger partial charge in [-0.2, -0.15) is 0 Å². The Labute approximate surface area is 153 Å². The molecule has 1 N–H and O–H groups in total. The minimum Gasteiger partial charge on any atom is -0.495 e. The zero-order chi connectivity index (χ0) is 17.7. The molecule has 1 aromatic rings. The minimum atomic E-state index is -3.70. The van der Waals surface area contributed by atoms with Crippen LogP contribution in [-0.2, 0) is 10.0 Å². The highest BCUT2D eigenvalue weighted by molar-refractivity contribution is 7.89. The zero-order valence-corrected chi connectivity index (χ0v) is 16.2. The van der Waals surface area contributed by atoms with Gasteiger partial charge in [0.1, 0.15) is 15.7 Å². The molecule has 0 radical (unpaired) electrons. The van der Waals surface area contributed by atoms with Gasteiger partial charge in [-0.15, -0.1) is 0 Å². The fourth-order valence-electron chi connectivity index (χ4n) is 2.54. The summed E-state index contributed by atoms with van der Waals surface area (Å²) in [5.74, 6) is 0.343. The van der Waals surface area contributed by atoms with E-state index in [-0.39, 0.29) is 14.9 Å². The smallest absolute Gasteiger partial charge is 0.242 e. The van der Waals surface area contributed by atoms with E-state index in [9.17, 15) is 8.42 Å². The van der Waals surface area contributed by atoms with Crippen molar-refractivity contribution in [1.29, 1.82) is 0 Å². The lowest BCUT2D eigenvalue weighted by Gasteiger charge is -2.32. The van der Waals surface area contributed by atoms with Crippen LogP contribution in [0.5, 0.6) is 5.75 Å². The molecule has 0 aromatic heterocycles. The highest BCUT2D eigenvalue weighted by Crippen LogP contribution is 2.36. The molecule has 1 fully saturated rings. The molecule has 1 saturated heterocycles. The number of hydrogen-bond donors (Lipinski definition) is 1. The van der Waals surface area contributed by atoms with Crippen LogP contribution in [0.2, 0.25) is 10.0 Å². The molecule has 0 bridgehead atoms. The molecular formula is C15H23Cl2N3O3S. The van der Waals surface area contributed by atoms with Crippen molar-refractivity contribution in [2.75, 3.05) is 53.4 Å². The molecule has 6 nitrogen and oxygen atoms in total. The Balaban J connectivity index is 1.89. The van der Waals surface area contributed by atoms with Crippen molar-refractivity contribution in [3.8, 4) is 5.75 Å². The maximum absolute atomic E-state index is 12.4. The van der Waals surface area contributed by atoms with Gasteiger partial charge in [-0.25, -0.2) is 13.1 Å². The van der Waals surface area contributed by atoms with Gasteiger partial charge in [0.2, 0.25) is 10.0 Å². The number of sulfonamides is 1. The molecule has 9 heteroatoms. The lowest BCUT2D eigenvalue weighted by molar-refractivity contribution is 0.153. The van der Waals surface area contributed by atoms with E-state index in [1.54, 1.807) is 0 Å². The van der Waals surface area contributed by atoms with E-state index in [1.807, 2.05) is 0 Å². The Hall–Kier alpha value is -0.570. The van der Waals surface area contributed by atoms with Crippen molar-refractivity contribution < 1.29 is 13.2 Å². The third kappa shape index (κ3) is 4.97. The second kappa shape index (κ2) is 8.69. The van der Waals surface area contributed by atoms with E-state index in [0.29, 0.717) is 12.3 Å². The summed E-state index contributed by atoms with van der Waals surface area (Å²) in [5, 5.41) is 0.0714. The zero-order valence-electron chi connectivity index (χ0n) is 13.9. The second-order valence-corrected chi connectivity index (χ2v) is 8.28. The fraction of sp³-hybridized carbons (Fsp3) is 0.600. The largest absolute Gasteiger partial charge is 0.495 e. The summed E-state index contributed by atoms with van der Waals surface area (Å²) in [4.78, 5) is 4.59. The van der Waals surface area contributed by atoms with Crippen LogP contribution in [0.15, 0.2) is 17.0 Å². The van der Waals surface area contributed by atoms with E-state index in [4.69, 9.17) is 27.9 Å². The van der Waals surface area contributed by atoms with Crippen LogP contribution in [0.4, 0.5) is 0 Å². The molecule has 1 aromatic carbocycles. The summed E-state index contributed by atoms with van der Waals surface area (Å²) in [7, 11) is -0.146. The topological polar surface area (TPSA) is 61.9 Å². The van der Waals surface area contributed by atoms with Gasteiger partial charge in [0.25, 0.3) is 0 Å². The van der Waals surface area contributed by atoms with E-state index >= 15 is 0 Å². The van der Waals surface area contributed by atoms with Gasteiger partial charge >= 0.3 is 0 Å². The molecule has 0 saturated carbocycles. The molecule has 136 valence electrons. The Morgan fingerprint density at radius 2 is 1.83 bits per heavy atom. The molecule has 1 heterocycles. The summed E-state index contributed by atoms with van der Waals surface area (Å²) in [6.07, 6.45) is 0.741. The third-order valence-electron chi connectivity index (χ3n) is 4.06. The van der Waals surface area contributed by atoms with E-state index in [2.05, 4.69) is 21.6 Å². The molecule has 0 amide bonds. The van der Waals surface area contributed by atoms with Gasteiger partial charge in [-0.1, -0.05) is 23.2 Å². The first-order chi connectivity index (χ1) is 11.3. The summed E-state index contributed by atoms with van der Waals surface area (Å²) in [5.41, 5.74) is 0. The van der Waals surface area contributed by atoms with Crippen LogP contribution in [-0.4, -0.2) is 71.6 Å². The summed E-state index contributed by atoms with van der Waals surface area (Å²) in [6.45, 7) is 5.35. The number of ether oxygens (including phenoxy) is 1. The molecule has 0 aliphatic carbocycles. The van der Waals surface area contributed by atoms with Gasteiger partial charge in [0.15, 0.2) is 0 Å². The van der Waals surface area contributed by atoms with Crippen molar-refractivity contribution in [2.24, 2.45) is 0 Å². The summed E-state index contributed by atoms with van der Waals surface area (Å²) < 4.78 is 32.4. The van der Waals surface area contributed by atoms with Crippen molar-refractivity contribution in [3.63, 3.8) is 0 Å². The highest BCUT2D eigenvalue weighted by atomic mass is 35.5. The first kappa shape index (κ1) is 19.8. The molecule has 0 unspecified atom stereocenters. The van der Waals surface area contributed by atoms with Crippen molar-refractivity contribution in [2.45, 2.75) is 11.3 Å². The normalized spacial score (nSPS) is 17.2. The first-order valence-electron chi connectivity index (χ1n) is 7.77. The number of rotatable bonds is 7. The number of nitrogens with one attached hydrogen (secondary N) is 1. The number of methoxy groups -OCH3 is 1. The van der Waals surface area contributed by atoms with Gasteiger partial charge in [0.05, 0.1) is 12.1 Å². The molecule has 0 atom stereocenters. The van der Waals surface area contributed by atoms with Gasteiger partial charge in [-0.3, -0.25) is 0 Å². The summed E-state index contributed by atoms with van der Waals surface area (Å²) in [6, 6.07) is 2.89. The van der Waals surface area contributed by atoms with Crippen LogP contribution < -0.4 is 9.46 Å². The van der Waals surface area contributed by atoms with E-state index < -0.39 is 10.0 Å². The average molecular weight is 396 g/mol. The monoisotopic (exact) mass is 395 g/mol. The highest BCUT2D eigenvalue weighted by Gasteiger charge is 2.21. The quantitative estimate of drug-likeness (QED) is 0.714. The number of halogens is 2. The van der Waals surface area contributed by atoms with Crippen LogP contribution in [0.3, 0.4) is 0 Å². The van der Waals surface area contributed by atoms with E-state index in [1.165, 1.54) is 19.2 Å². The molecule has 1 aliphatic heterocycles. The van der Waals surface area contributed by atoms with Crippen molar-refractivity contribution in [3.05, 3.63) is 22.2 Å². The average Bonchev–Trinajstić information content (AvgIpc) is 2.55. The fourth-order valence-corrected chi connectivity index (χ4v) is 4.45. The Bertz CT molecular complexity index is 662. The third-order valence-corrected chi connectivity index (χ3v) is 6.54. The Morgan fingerprint density at radius 1 is 1.17 bits per heavy atom. The molecule has 1 aliphatic rings. The molecule has 24 heavy (non-hydrogen) atoms. The predicted molar refractivity (Wildman–Crippen MR) is 96.8 cm³/mol. The maximum atomic E-state index is 12.4. The SMILES string of the molecule is COc1ccc(S(=O)(=O)NCCCN2CCN(C)CC2)c(Cl)c1Cl. The second-order valence-electron chi connectivity index (χ2n) is 5.79. The number of nitrogens with zero attached hydrogens (tertiary/aromatic N) is 2. The first-order valence-corrected chi connectivity index (χ1v) is 10.0. The van der Waals surface area contributed by atoms with Crippen LogP contribution >= 0.6 is 23.2 Å². The van der Waals surface area contributed by atoms with Gasteiger partial charge in [0, 0.05) is 32.7 Å². The Kier molecular flexibility index (Phi) is 7.15. The van der Waals surface area contributed by atoms with E-state index in [0.717, 1.165) is 39.1 Å². The molecular weight excluding hydrogens is 373 g/mol. The van der Waals surface area contributed by atoms with Crippen molar-refractivity contribution in [1.82, 2.24) is 14.5 Å². The van der Waals surface area contributed by atoms with Crippen LogP contribution in [0, 0.1) is 0 Å². The maximum Gasteiger partial charge on any atom is 0.242 e. The number of piperazine rings is 1. The number of benzene rings is 1. The molecule has 2 rings (SSSR count). The van der Waals surface area contributed by atoms with Crippen LogP contribution in [0.1, 0.15) is 6.42 Å². The summed E-state index contributed by atoms with van der Waals surface area (Å²) >= 11 is 12.1. The van der Waals surface area contributed by atoms with Gasteiger partial charge in [-0.05, 0) is 32.1 Å². The number of hydrogen-bond acceptors (Lipinski definition) is 5. The standard InChI is InChI=1S/C15H23Cl2N3O3S/c1-19-8-10-20(11-9-19)7-3-6-18-24(21,22)13-5-4-12(23-2)14(16)15(13)17/h4-5,18H,3,6-11H2,1-2H3. The number of likely N-dealkylation sites (N-methyl/N-ethyl adjacent to an activating group) is 1.